The Morgan fingerprint density at radius 1 is 0.714 bits per heavy atom. The summed E-state index contributed by atoms with van der Waals surface area (Å²) in [4.78, 5) is 2.61. The van der Waals surface area contributed by atoms with Gasteiger partial charge in [0.25, 0.3) is 0 Å². The maximum absolute atomic E-state index is 5.40. The minimum absolute atomic E-state index is 0.153. The molecule has 0 heterocycles. The fourth-order valence-electron chi connectivity index (χ4n) is 5.28. The molecule has 1 saturated carbocycles. The molecular formula is C31H38O2S2. The standard InChI is InChI=1S/C31H38O2S2/c1-30(2)20-27(31(3,4)28(21-30)34-25-16-12-23(32-5)13-17-25)29(22-10-8-7-9-11-22)35-26-18-14-24(33-6)15-19-26/h7-19,27-29H,20-21H2,1-6H3/t27-,28-,29?/m1/s1. The number of hydrogen-bond donors (Lipinski definition) is 0. The van der Waals surface area contributed by atoms with Crippen LogP contribution in [-0.2, 0) is 0 Å². The van der Waals surface area contributed by atoms with Crippen molar-refractivity contribution in [2.24, 2.45) is 16.7 Å². The van der Waals surface area contributed by atoms with E-state index < -0.39 is 0 Å². The van der Waals surface area contributed by atoms with E-state index in [0.717, 1.165) is 11.5 Å². The molecule has 3 atom stereocenters. The van der Waals surface area contributed by atoms with Gasteiger partial charge in [-0.2, -0.15) is 0 Å². The Labute approximate surface area is 220 Å². The first-order valence-electron chi connectivity index (χ1n) is 12.4. The summed E-state index contributed by atoms with van der Waals surface area (Å²) in [6.45, 7) is 9.91. The Hall–Kier alpha value is -2.04. The van der Waals surface area contributed by atoms with E-state index in [1.165, 1.54) is 28.2 Å². The van der Waals surface area contributed by atoms with E-state index in [0.29, 0.717) is 16.4 Å². The molecule has 0 amide bonds. The maximum atomic E-state index is 5.40. The van der Waals surface area contributed by atoms with Crippen LogP contribution in [0.3, 0.4) is 0 Å². The van der Waals surface area contributed by atoms with Crippen LogP contribution in [0.25, 0.3) is 0 Å². The van der Waals surface area contributed by atoms with Gasteiger partial charge in [-0.1, -0.05) is 58.0 Å². The molecule has 3 aromatic rings. The highest BCUT2D eigenvalue weighted by Gasteiger charge is 2.50. The average molecular weight is 507 g/mol. The summed E-state index contributed by atoms with van der Waals surface area (Å²) in [6, 6.07) is 28.2. The summed E-state index contributed by atoms with van der Waals surface area (Å²) in [5.74, 6) is 2.34. The third kappa shape index (κ3) is 6.21. The molecular weight excluding hydrogens is 468 g/mol. The molecule has 0 N–H and O–H groups in total. The van der Waals surface area contributed by atoms with Crippen LogP contribution in [0.15, 0.2) is 88.7 Å². The first-order chi connectivity index (χ1) is 16.7. The zero-order valence-corrected chi connectivity index (χ0v) is 23.4. The van der Waals surface area contributed by atoms with Crippen molar-refractivity contribution >= 4 is 23.5 Å². The van der Waals surface area contributed by atoms with Crippen molar-refractivity contribution in [2.45, 2.75) is 60.8 Å². The fourth-order valence-corrected chi connectivity index (χ4v) is 8.41. The minimum Gasteiger partial charge on any atom is -0.497 e. The van der Waals surface area contributed by atoms with E-state index in [-0.39, 0.29) is 10.8 Å². The van der Waals surface area contributed by atoms with Gasteiger partial charge in [0, 0.05) is 20.3 Å². The molecule has 0 aliphatic heterocycles. The van der Waals surface area contributed by atoms with Crippen LogP contribution in [0.2, 0.25) is 0 Å². The lowest BCUT2D eigenvalue weighted by Crippen LogP contribution is -2.46. The molecule has 0 spiro atoms. The smallest absolute Gasteiger partial charge is 0.118 e. The SMILES string of the molecule is COc1ccc(SC(c2ccccc2)[C@H]2CC(C)(C)C[C@@H](Sc3ccc(OC)cc3)C2(C)C)cc1. The third-order valence-electron chi connectivity index (χ3n) is 7.45. The Balaban J connectivity index is 1.68. The zero-order chi connectivity index (χ0) is 25.1. The summed E-state index contributed by atoms with van der Waals surface area (Å²) >= 11 is 4.04. The van der Waals surface area contributed by atoms with Gasteiger partial charge in [0.1, 0.15) is 11.5 Å². The predicted octanol–water partition coefficient (Wildman–Crippen LogP) is 9.16. The quantitative estimate of drug-likeness (QED) is 0.283. The summed E-state index contributed by atoms with van der Waals surface area (Å²) in [5.41, 5.74) is 1.84. The zero-order valence-electron chi connectivity index (χ0n) is 21.8. The second-order valence-electron chi connectivity index (χ2n) is 10.9. The average Bonchev–Trinajstić information content (AvgIpc) is 2.86. The van der Waals surface area contributed by atoms with E-state index in [9.17, 15) is 0 Å². The molecule has 4 rings (SSSR count). The second-order valence-corrected chi connectivity index (χ2v) is 13.4. The lowest BCUT2D eigenvalue weighted by molar-refractivity contribution is 0.0609. The normalized spacial score (nSPS) is 21.8. The molecule has 0 aromatic heterocycles. The molecule has 3 aromatic carbocycles. The van der Waals surface area contributed by atoms with Crippen molar-refractivity contribution in [2.75, 3.05) is 14.2 Å². The number of benzene rings is 3. The van der Waals surface area contributed by atoms with Crippen molar-refractivity contribution < 1.29 is 9.47 Å². The van der Waals surface area contributed by atoms with Crippen LogP contribution in [-0.4, -0.2) is 19.5 Å². The molecule has 35 heavy (non-hydrogen) atoms. The highest BCUT2D eigenvalue weighted by molar-refractivity contribution is 8.00. The van der Waals surface area contributed by atoms with Crippen molar-refractivity contribution in [3.63, 3.8) is 0 Å². The highest BCUT2D eigenvalue weighted by Crippen LogP contribution is 2.61. The van der Waals surface area contributed by atoms with Gasteiger partial charge in [0.05, 0.1) is 14.2 Å². The number of rotatable bonds is 8. The van der Waals surface area contributed by atoms with Crippen molar-refractivity contribution in [3.05, 3.63) is 84.4 Å². The first kappa shape index (κ1) is 26.0. The Morgan fingerprint density at radius 3 is 1.80 bits per heavy atom. The molecule has 186 valence electrons. The van der Waals surface area contributed by atoms with E-state index in [4.69, 9.17) is 9.47 Å². The second kappa shape index (κ2) is 10.9. The molecule has 4 heteroatoms. The van der Waals surface area contributed by atoms with Crippen molar-refractivity contribution in [1.82, 2.24) is 0 Å². The highest BCUT2D eigenvalue weighted by atomic mass is 32.2. The molecule has 1 aliphatic carbocycles. The topological polar surface area (TPSA) is 18.5 Å². The number of ether oxygens (including phenoxy) is 2. The third-order valence-corrected chi connectivity index (χ3v) is 10.5. The predicted molar refractivity (Wildman–Crippen MR) is 151 cm³/mol. The largest absolute Gasteiger partial charge is 0.497 e. The molecule has 1 aliphatic rings. The summed E-state index contributed by atoms with van der Waals surface area (Å²) < 4.78 is 10.8. The van der Waals surface area contributed by atoms with E-state index in [1.807, 2.05) is 23.5 Å². The Kier molecular flexibility index (Phi) is 8.12. The number of hydrogen-bond acceptors (Lipinski definition) is 4. The Morgan fingerprint density at radius 2 is 1.26 bits per heavy atom. The molecule has 1 unspecified atom stereocenters. The van der Waals surface area contributed by atoms with Crippen LogP contribution in [0, 0.1) is 16.7 Å². The molecule has 2 nitrogen and oxygen atoms in total. The van der Waals surface area contributed by atoms with E-state index >= 15 is 0 Å². The van der Waals surface area contributed by atoms with Gasteiger partial charge < -0.3 is 9.47 Å². The van der Waals surface area contributed by atoms with Crippen LogP contribution < -0.4 is 9.47 Å². The van der Waals surface area contributed by atoms with Gasteiger partial charge in [-0.25, -0.2) is 0 Å². The number of methoxy groups -OCH3 is 2. The monoisotopic (exact) mass is 506 g/mol. The van der Waals surface area contributed by atoms with Gasteiger partial charge in [-0.05, 0) is 83.7 Å². The fraction of sp³-hybridized carbons (Fsp3) is 0.419. The Bertz CT molecular complexity index is 1080. The minimum atomic E-state index is 0.153. The van der Waals surface area contributed by atoms with Gasteiger partial charge in [-0.15, -0.1) is 23.5 Å². The van der Waals surface area contributed by atoms with Gasteiger partial charge in [0.15, 0.2) is 0 Å². The summed E-state index contributed by atoms with van der Waals surface area (Å²) in [5, 5.41) is 0.894. The van der Waals surface area contributed by atoms with Crippen LogP contribution in [0.5, 0.6) is 11.5 Å². The molecule has 0 saturated heterocycles. The first-order valence-corrected chi connectivity index (χ1v) is 14.1. The number of thioether (sulfide) groups is 2. The summed E-state index contributed by atoms with van der Waals surface area (Å²) in [6.07, 6.45) is 2.42. The molecule has 0 bridgehead atoms. The van der Waals surface area contributed by atoms with Crippen LogP contribution in [0.4, 0.5) is 0 Å². The van der Waals surface area contributed by atoms with Crippen molar-refractivity contribution in [1.29, 1.82) is 0 Å². The van der Waals surface area contributed by atoms with Crippen LogP contribution >= 0.6 is 23.5 Å². The van der Waals surface area contributed by atoms with Gasteiger partial charge >= 0.3 is 0 Å². The lowest BCUT2D eigenvalue weighted by atomic mass is 9.58. The van der Waals surface area contributed by atoms with Gasteiger partial charge in [0.2, 0.25) is 0 Å². The molecule has 0 radical (unpaired) electrons. The van der Waals surface area contributed by atoms with Crippen LogP contribution in [0.1, 0.15) is 51.3 Å². The maximum Gasteiger partial charge on any atom is 0.118 e. The van der Waals surface area contributed by atoms with E-state index in [1.54, 1.807) is 14.2 Å². The van der Waals surface area contributed by atoms with E-state index in [2.05, 4.69) is 107 Å². The lowest BCUT2D eigenvalue weighted by Gasteiger charge is -2.53. The van der Waals surface area contributed by atoms with Crippen molar-refractivity contribution in [3.8, 4) is 11.5 Å². The van der Waals surface area contributed by atoms with Gasteiger partial charge in [-0.3, -0.25) is 0 Å². The summed E-state index contributed by atoms with van der Waals surface area (Å²) in [7, 11) is 3.45. The molecule has 1 fully saturated rings.